The van der Waals surface area contributed by atoms with Crippen LogP contribution in [0.4, 0.5) is 37.7 Å². The van der Waals surface area contributed by atoms with E-state index in [-0.39, 0.29) is 36.3 Å². The first kappa shape index (κ1) is 25.3. The number of rotatable bonds is 4. The van der Waals surface area contributed by atoms with Gasteiger partial charge in [-0.3, -0.25) is 9.69 Å². The number of benzene rings is 2. The highest BCUT2D eigenvalue weighted by Gasteiger charge is 2.46. The molecule has 2 aliphatic heterocycles. The zero-order valence-corrected chi connectivity index (χ0v) is 18.9. The molecule has 0 radical (unpaired) electrons. The van der Waals surface area contributed by atoms with Crippen LogP contribution in [-0.2, 0) is 11.0 Å². The number of amides is 1. The molecule has 2 heterocycles. The van der Waals surface area contributed by atoms with Crippen molar-refractivity contribution in [1.82, 2.24) is 10.2 Å². The summed E-state index contributed by atoms with van der Waals surface area (Å²) in [4.78, 5) is 14.6. The van der Waals surface area contributed by atoms with Crippen LogP contribution in [0.5, 0.6) is 0 Å². The minimum atomic E-state index is -4.57. The summed E-state index contributed by atoms with van der Waals surface area (Å²) in [5.41, 5.74) is 6.22. The van der Waals surface area contributed by atoms with Gasteiger partial charge in [0.2, 0.25) is 5.91 Å². The number of nitrogen functional groups attached to an aromatic ring is 1. The van der Waals surface area contributed by atoms with E-state index in [2.05, 4.69) is 10.6 Å². The number of anilines is 2. The second-order valence-electron chi connectivity index (χ2n) is 9.35. The number of carbonyl (C=O) groups excluding carboxylic acids is 1. The number of alkyl halides is 6. The van der Waals surface area contributed by atoms with Gasteiger partial charge >= 0.3 is 12.4 Å². The van der Waals surface area contributed by atoms with Crippen LogP contribution in [0, 0.1) is 18.8 Å². The summed E-state index contributed by atoms with van der Waals surface area (Å²) < 4.78 is 78.8. The highest BCUT2D eigenvalue weighted by Crippen LogP contribution is 2.40. The number of hydrogen-bond donors (Lipinski definition) is 3. The molecule has 4 N–H and O–H groups in total. The summed E-state index contributed by atoms with van der Waals surface area (Å²) in [7, 11) is 0. The predicted molar refractivity (Wildman–Crippen MR) is 119 cm³/mol. The van der Waals surface area contributed by atoms with Crippen molar-refractivity contribution in [1.29, 1.82) is 0 Å². The second kappa shape index (κ2) is 9.34. The lowest BCUT2D eigenvalue weighted by molar-refractivity contribution is -0.144. The van der Waals surface area contributed by atoms with Crippen molar-refractivity contribution in [2.24, 2.45) is 11.8 Å². The van der Waals surface area contributed by atoms with Crippen molar-refractivity contribution in [2.75, 3.05) is 30.7 Å². The molecule has 0 spiro atoms. The number of likely N-dealkylation sites (tertiary alicyclic amines) is 1. The zero-order chi connectivity index (χ0) is 25.5. The lowest BCUT2D eigenvalue weighted by Crippen LogP contribution is -2.50. The molecular formula is C24H26F6N4O. The predicted octanol–water partition coefficient (Wildman–Crippen LogP) is 4.75. The fraction of sp³-hybridized carbons (Fsp3) is 0.458. The van der Waals surface area contributed by atoms with Crippen LogP contribution >= 0.6 is 0 Å². The lowest BCUT2D eigenvalue weighted by Gasteiger charge is -2.39. The molecule has 1 amide bonds. The third kappa shape index (κ3) is 5.90. The molecule has 5 nitrogen and oxygen atoms in total. The standard InChI is InChI=1S/C24H26F6N4O/c1-13-2-7-17(9-19(13)24(28,29)30)32-22(35)18-8-15-10-34(12-23(25,26)27)11-20(15)33-21(18)14-3-5-16(31)6-4-14/h2-7,9,15,18,20-21,33H,8,10-12,31H2,1H3,(H,32,35). The van der Waals surface area contributed by atoms with E-state index in [0.29, 0.717) is 12.1 Å². The summed E-state index contributed by atoms with van der Waals surface area (Å²) in [6, 6.07) is 9.61. The summed E-state index contributed by atoms with van der Waals surface area (Å²) in [6.45, 7) is 0.674. The van der Waals surface area contributed by atoms with Crippen molar-refractivity contribution >= 4 is 17.3 Å². The lowest BCUT2D eigenvalue weighted by atomic mass is 9.78. The molecule has 35 heavy (non-hydrogen) atoms. The van der Waals surface area contributed by atoms with Crippen LogP contribution in [0.15, 0.2) is 42.5 Å². The highest BCUT2D eigenvalue weighted by molar-refractivity contribution is 5.93. The van der Waals surface area contributed by atoms with E-state index in [4.69, 9.17) is 5.73 Å². The van der Waals surface area contributed by atoms with Crippen LogP contribution in [0.2, 0.25) is 0 Å². The van der Waals surface area contributed by atoms with Crippen LogP contribution in [0.25, 0.3) is 0 Å². The van der Waals surface area contributed by atoms with E-state index in [1.54, 1.807) is 24.3 Å². The van der Waals surface area contributed by atoms with E-state index < -0.39 is 42.3 Å². The number of piperidine rings is 1. The van der Waals surface area contributed by atoms with Crippen LogP contribution < -0.4 is 16.4 Å². The smallest absolute Gasteiger partial charge is 0.399 e. The van der Waals surface area contributed by atoms with Crippen molar-refractivity contribution in [2.45, 2.75) is 37.8 Å². The quantitative estimate of drug-likeness (QED) is 0.419. The van der Waals surface area contributed by atoms with Gasteiger partial charge < -0.3 is 16.4 Å². The molecular weight excluding hydrogens is 474 g/mol. The number of nitrogens with zero attached hydrogens (tertiary/aromatic N) is 1. The van der Waals surface area contributed by atoms with Gasteiger partial charge in [0.25, 0.3) is 0 Å². The first-order valence-corrected chi connectivity index (χ1v) is 11.2. The zero-order valence-electron chi connectivity index (χ0n) is 18.9. The molecule has 4 unspecified atom stereocenters. The molecule has 2 aromatic rings. The van der Waals surface area contributed by atoms with Crippen LogP contribution in [0.1, 0.15) is 29.2 Å². The number of fused-ring (bicyclic) bond motifs is 1. The van der Waals surface area contributed by atoms with E-state index in [9.17, 15) is 31.1 Å². The molecule has 0 bridgehead atoms. The van der Waals surface area contributed by atoms with Crippen molar-refractivity contribution in [3.63, 3.8) is 0 Å². The van der Waals surface area contributed by atoms with Gasteiger partial charge in [-0.05, 0) is 54.7 Å². The average molecular weight is 500 g/mol. The van der Waals surface area contributed by atoms with Gasteiger partial charge in [0.1, 0.15) is 0 Å². The Morgan fingerprint density at radius 3 is 2.40 bits per heavy atom. The largest absolute Gasteiger partial charge is 0.416 e. The Morgan fingerprint density at radius 1 is 1.09 bits per heavy atom. The molecule has 190 valence electrons. The summed E-state index contributed by atoms with van der Waals surface area (Å²) in [6.07, 6.45) is -8.60. The molecule has 2 aromatic carbocycles. The van der Waals surface area contributed by atoms with Gasteiger partial charge in [0, 0.05) is 36.5 Å². The Kier molecular flexibility index (Phi) is 6.76. The first-order chi connectivity index (χ1) is 16.3. The minimum Gasteiger partial charge on any atom is -0.399 e. The Balaban J connectivity index is 1.58. The Hall–Kier alpha value is -2.79. The molecule has 4 rings (SSSR count). The Labute approximate surface area is 198 Å². The molecule has 11 heteroatoms. The maximum absolute atomic E-state index is 13.3. The fourth-order valence-electron chi connectivity index (χ4n) is 5.11. The van der Waals surface area contributed by atoms with Crippen LogP contribution in [-0.4, -0.2) is 42.7 Å². The summed E-state index contributed by atoms with van der Waals surface area (Å²) in [5, 5.41) is 5.93. The first-order valence-electron chi connectivity index (χ1n) is 11.2. The van der Waals surface area contributed by atoms with Gasteiger partial charge in [-0.25, -0.2) is 0 Å². The third-order valence-corrected chi connectivity index (χ3v) is 6.72. The fourth-order valence-corrected chi connectivity index (χ4v) is 5.11. The van der Waals surface area contributed by atoms with Crippen molar-refractivity contribution in [3.05, 3.63) is 59.2 Å². The molecule has 2 fully saturated rings. The van der Waals surface area contributed by atoms with Gasteiger partial charge in [0.05, 0.1) is 18.0 Å². The molecule has 0 aliphatic carbocycles. The maximum atomic E-state index is 13.3. The van der Waals surface area contributed by atoms with Gasteiger partial charge in [-0.1, -0.05) is 18.2 Å². The number of carbonyl (C=O) groups is 1. The molecule has 0 aromatic heterocycles. The topological polar surface area (TPSA) is 70.4 Å². The van der Waals surface area contributed by atoms with Gasteiger partial charge in [-0.2, -0.15) is 26.3 Å². The van der Waals surface area contributed by atoms with Crippen molar-refractivity contribution < 1.29 is 31.1 Å². The maximum Gasteiger partial charge on any atom is 0.416 e. The third-order valence-electron chi connectivity index (χ3n) is 6.72. The van der Waals surface area contributed by atoms with E-state index in [0.717, 1.165) is 11.6 Å². The molecule has 4 atom stereocenters. The highest BCUT2D eigenvalue weighted by atomic mass is 19.4. The number of hydrogen-bond acceptors (Lipinski definition) is 4. The van der Waals surface area contributed by atoms with E-state index >= 15 is 0 Å². The van der Waals surface area contributed by atoms with Gasteiger partial charge in [-0.15, -0.1) is 0 Å². The average Bonchev–Trinajstić information content (AvgIpc) is 3.13. The van der Waals surface area contributed by atoms with Gasteiger partial charge in [0.15, 0.2) is 0 Å². The SMILES string of the molecule is Cc1ccc(NC(=O)C2CC3CN(CC(F)(F)F)CC3NC2c2ccc(N)cc2)cc1C(F)(F)F. The molecule has 2 saturated heterocycles. The van der Waals surface area contributed by atoms with E-state index in [1.165, 1.54) is 24.0 Å². The number of nitrogens with one attached hydrogen (secondary N) is 2. The number of aryl methyl sites for hydroxylation is 1. The Morgan fingerprint density at radius 2 is 1.77 bits per heavy atom. The Bertz CT molecular complexity index is 1070. The monoisotopic (exact) mass is 500 g/mol. The number of nitrogens with two attached hydrogens (primary N) is 1. The summed E-state index contributed by atoms with van der Waals surface area (Å²) >= 11 is 0. The summed E-state index contributed by atoms with van der Waals surface area (Å²) in [5.74, 6) is -1.41. The minimum absolute atomic E-state index is 0.0104. The number of halogens is 6. The molecule has 0 saturated carbocycles. The van der Waals surface area contributed by atoms with E-state index in [1.807, 2.05) is 0 Å². The second-order valence-corrected chi connectivity index (χ2v) is 9.35. The van der Waals surface area contributed by atoms with Crippen molar-refractivity contribution in [3.8, 4) is 0 Å². The normalized spacial score (nSPS) is 25.3. The molecule has 2 aliphatic rings. The van der Waals surface area contributed by atoms with Crippen LogP contribution in [0.3, 0.4) is 0 Å².